The average Bonchev–Trinajstić information content (AvgIpc) is 2.61. The summed E-state index contributed by atoms with van der Waals surface area (Å²) in [5.74, 6) is -0.231. The Kier molecular flexibility index (Phi) is 5.72. The molecule has 0 saturated carbocycles. The normalized spacial score (nSPS) is 11.2. The van der Waals surface area contributed by atoms with Crippen LogP contribution >= 0.6 is 0 Å². The van der Waals surface area contributed by atoms with Crippen molar-refractivity contribution in [2.24, 2.45) is 7.05 Å². The number of carbonyl (C=O) groups excluding carboxylic acids is 1. The first-order valence-electron chi connectivity index (χ1n) is 6.20. The van der Waals surface area contributed by atoms with E-state index in [2.05, 4.69) is 5.10 Å². The number of aromatic nitrogens is 2. The van der Waals surface area contributed by atoms with Crippen LogP contribution in [0, 0.1) is 13.8 Å². The molecule has 0 aliphatic carbocycles. The zero-order valence-corrected chi connectivity index (χ0v) is 11.6. The van der Waals surface area contributed by atoms with Crippen LogP contribution in [0.4, 0.5) is 0 Å². The first-order chi connectivity index (χ1) is 9.01. The molecule has 0 aliphatic heterocycles. The molecule has 106 valence electrons. The van der Waals surface area contributed by atoms with Crippen LogP contribution in [0.5, 0.6) is 0 Å². The van der Waals surface area contributed by atoms with Gasteiger partial charge >= 0.3 is 0 Å². The van der Waals surface area contributed by atoms with E-state index in [-0.39, 0.29) is 32.2 Å². The fourth-order valence-corrected chi connectivity index (χ4v) is 1.86. The lowest BCUT2D eigenvalue weighted by molar-refractivity contribution is -0.126. The molecular formula is C13H21N3O3. The molecule has 6 heteroatoms. The number of rotatable bonds is 6. The van der Waals surface area contributed by atoms with Crippen molar-refractivity contribution in [3.8, 4) is 0 Å². The van der Waals surface area contributed by atoms with Gasteiger partial charge in [-0.1, -0.05) is 0 Å². The third kappa shape index (κ3) is 3.90. The predicted molar refractivity (Wildman–Crippen MR) is 72.5 cm³/mol. The van der Waals surface area contributed by atoms with E-state index >= 15 is 0 Å². The molecule has 19 heavy (non-hydrogen) atoms. The first-order valence-corrected chi connectivity index (χ1v) is 6.20. The summed E-state index contributed by atoms with van der Waals surface area (Å²) in [5, 5.41) is 22.0. The van der Waals surface area contributed by atoms with Gasteiger partial charge in [-0.2, -0.15) is 5.10 Å². The maximum Gasteiger partial charge on any atom is 0.246 e. The monoisotopic (exact) mass is 267 g/mol. The second kappa shape index (κ2) is 7.06. The molecule has 0 fully saturated rings. The second-order valence-corrected chi connectivity index (χ2v) is 4.31. The number of aliphatic hydroxyl groups excluding tert-OH is 2. The van der Waals surface area contributed by atoms with E-state index in [9.17, 15) is 4.79 Å². The maximum atomic E-state index is 11.9. The molecule has 1 amide bonds. The molecule has 1 rings (SSSR count). The van der Waals surface area contributed by atoms with Crippen LogP contribution in [0.3, 0.4) is 0 Å². The van der Waals surface area contributed by atoms with Crippen molar-refractivity contribution in [2.45, 2.75) is 13.8 Å². The first kappa shape index (κ1) is 15.4. The zero-order valence-electron chi connectivity index (χ0n) is 11.6. The van der Waals surface area contributed by atoms with Crippen molar-refractivity contribution in [3.63, 3.8) is 0 Å². The molecule has 6 nitrogen and oxygen atoms in total. The summed E-state index contributed by atoms with van der Waals surface area (Å²) >= 11 is 0. The average molecular weight is 267 g/mol. The van der Waals surface area contributed by atoms with E-state index in [4.69, 9.17) is 10.2 Å². The van der Waals surface area contributed by atoms with Crippen molar-refractivity contribution >= 4 is 12.0 Å². The molecule has 0 unspecified atom stereocenters. The van der Waals surface area contributed by atoms with E-state index in [0.29, 0.717) is 0 Å². The molecule has 2 N–H and O–H groups in total. The molecule has 1 aromatic heterocycles. The standard InChI is InChI=1S/C13H21N3O3/c1-10-12(11(2)15(3)14-10)4-5-13(19)16(6-8-17)7-9-18/h4-5,17-18H,6-9H2,1-3H3. The lowest BCUT2D eigenvalue weighted by Crippen LogP contribution is -2.34. The van der Waals surface area contributed by atoms with Crippen LogP contribution < -0.4 is 0 Å². The molecule has 0 saturated heterocycles. The molecular weight excluding hydrogens is 246 g/mol. The quantitative estimate of drug-likeness (QED) is 0.703. The zero-order chi connectivity index (χ0) is 14.4. The van der Waals surface area contributed by atoms with Gasteiger partial charge in [0.2, 0.25) is 5.91 Å². The van der Waals surface area contributed by atoms with Gasteiger partial charge in [0.25, 0.3) is 0 Å². The number of hydrogen-bond donors (Lipinski definition) is 2. The van der Waals surface area contributed by atoms with Crippen molar-refractivity contribution in [1.29, 1.82) is 0 Å². The minimum Gasteiger partial charge on any atom is -0.395 e. The summed E-state index contributed by atoms with van der Waals surface area (Å²) < 4.78 is 1.76. The minimum absolute atomic E-state index is 0.121. The van der Waals surface area contributed by atoms with Crippen LogP contribution in [-0.4, -0.2) is 57.1 Å². The smallest absolute Gasteiger partial charge is 0.246 e. The Morgan fingerprint density at radius 3 is 2.32 bits per heavy atom. The molecule has 1 heterocycles. The topological polar surface area (TPSA) is 78.6 Å². The molecule has 0 atom stereocenters. The summed E-state index contributed by atoms with van der Waals surface area (Å²) in [4.78, 5) is 13.3. The predicted octanol–water partition coefficient (Wildman–Crippen LogP) is -0.137. The minimum atomic E-state index is -0.231. The van der Waals surface area contributed by atoms with Crippen LogP contribution in [0.1, 0.15) is 17.0 Å². The fraction of sp³-hybridized carbons (Fsp3) is 0.538. The highest BCUT2D eigenvalue weighted by Crippen LogP contribution is 2.13. The lowest BCUT2D eigenvalue weighted by Gasteiger charge is -2.18. The van der Waals surface area contributed by atoms with Crippen LogP contribution in [0.2, 0.25) is 0 Å². The van der Waals surface area contributed by atoms with E-state index in [1.807, 2.05) is 20.9 Å². The number of amides is 1. The Morgan fingerprint density at radius 1 is 1.32 bits per heavy atom. The molecule has 0 aromatic carbocycles. The van der Waals surface area contributed by atoms with Gasteiger partial charge in [0, 0.05) is 37.5 Å². The summed E-state index contributed by atoms with van der Waals surface area (Å²) in [6.07, 6.45) is 3.17. The van der Waals surface area contributed by atoms with E-state index in [0.717, 1.165) is 17.0 Å². The van der Waals surface area contributed by atoms with Gasteiger partial charge in [-0.05, 0) is 19.9 Å². The van der Waals surface area contributed by atoms with Crippen molar-refractivity contribution in [1.82, 2.24) is 14.7 Å². The number of aliphatic hydroxyl groups is 2. The summed E-state index contributed by atoms with van der Waals surface area (Å²) in [6, 6.07) is 0. The van der Waals surface area contributed by atoms with Crippen molar-refractivity contribution in [2.75, 3.05) is 26.3 Å². The summed E-state index contributed by atoms with van der Waals surface area (Å²) in [7, 11) is 1.85. The van der Waals surface area contributed by atoms with Crippen LogP contribution in [0.15, 0.2) is 6.08 Å². The highest BCUT2D eigenvalue weighted by Gasteiger charge is 2.10. The third-order valence-corrected chi connectivity index (χ3v) is 3.01. The molecule has 0 bridgehead atoms. The molecule has 1 aromatic rings. The van der Waals surface area contributed by atoms with Crippen LogP contribution in [0.25, 0.3) is 6.08 Å². The van der Waals surface area contributed by atoms with Crippen molar-refractivity contribution in [3.05, 3.63) is 23.0 Å². The van der Waals surface area contributed by atoms with Gasteiger partial charge < -0.3 is 15.1 Å². The van der Waals surface area contributed by atoms with Gasteiger partial charge in [0.15, 0.2) is 0 Å². The Labute approximate surface area is 113 Å². The van der Waals surface area contributed by atoms with Gasteiger partial charge in [0.05, 0.1) is 18.9 Å². The Morgan fingerprint density at radius 2 is 1.89 bits per heavy atom. The number of hydrogen-bond acceptors (Lipinski definition) is 4. The maximum absolute atomic E-state index is 11.9. The van der Waals surface area contributed by atoms with E-state index in [1.54, 1.807) is 10.8 Å². The Bertz CT molecular complexity index is 460. The van der Waals surface area contributed by atoms with Gasteiger partial charge in [-0.15, -0.1) is 0 Å². The lowest BCUT2D eigenvalue weighted by atomic mass is 10.2. The molecule has 0 radical (unpaired) electrons. The number of carbonyl (C=O) groups is 1. The largest absolute Gasteiger partial charge is 0.395 e. The van der Waals surface area contributed by atoms with E-state index in [1.165, 1.54) is 11.0 Å². The van der Waals surface area contributed by atoms with Crippen LogP contribution in [-0.2, 0) is 11.8 Å². The molecule has 0 spiro atoms. The SMILES string of the molecule is Cc1nn(C)c(C)c1C=CC(=O)N(CCO)CCO. The number of aryl methyl sites for hydroxylation is 2. The van der Waals surface area contributed by atoms with Gasteiger partial charge in [-0.25, -0.2) is 0 Å². The fourth-order valence-electron chi connectivity index (χ4n) is 1.86. The summed E-state index contributed by atoms with van der Waals surface area (Å²) in [5.41, 5.74) is 2.76. The third-order valence-electron chi connectivity index (χ3n) is 3.01. The molecule has 0 aliphatic rings. The highest BCUT2D eigenvalue weighted by molar-refractivity contribution is 5.92. The highest BCUT2D eigenvalue weighted by atomic mass is 16.3. The second-order valence-electron chi connectivity index (χ2n) is 4.31. The van der Waals surface area contributed by atoms with Gasteiger partial charge in [-0.3, -0.25) is 9.48 Å². The summed E-state index contributed by atoms with van der Waals surface area (Å²) in [6.45, 7) is 4.01. The number of nitrogens with zero attached hydrogens (tertiary/aromatic N) is 3. The van der Waals surface area contributed by atoms with Gasteiger partial charge in [0.1, 0.15) is 0 Å². The van der Waals surface area contributed by atoms with E-state index < -0.39 is 0 Å². The Balaban J connectivity index is 2.82. The Hall–Kier alpha value is -1.66. The van der Waals surface area contributed by atoms with Crippen molar-refractivity contribution < 1.29 is 15.0 Å².